The maximum Gasteiger partial charge on any atom is 0.488 e. The quantitative estimate of drug-likeness (QED) is 0.375. The second-order valence-electron chi connectivity index (χ2n) is 6.19. The Morgan fingerprint density at radius 1 is 1.00 bits per heavy atom. The Kier molecular flexibility index (Phi) is 6.23. The molecule has 0 heterocycles. The molecule has 29 heavy (non-hydrogen) atoms. The van der Waals surface area contributed by atoms with Crippen molar-refractivity contribution < 1.29 is 33.6 Å². The van der Waals surface area contributed by atoms with Gasteiger partial charge in [-0.3, -0.25) is 9.63 Å². The van der Waals surface area contributed by atoms with E-state index in [4.69, 9.17) is 14.9 Å². The SMILES string of the molecule is O=C(NOCc1ccc(B(O)O)cc1)c1cc(-c2ccc(F)cc2F)ccc1O. The minimum atomic E-state index is -1.58. The van der Waals surface area contributed by atoms with Crippen molar-refractivity contribution in [3.8, 4) is 16.9 Å². The van der Waals surface area contributed by atoms with Crippen molar-refractivity contribution in [2.45, 2.75) is 6.61 Å². The number of aromatic hydroxyl groups is 1. The number of benzene rings is 3. The monoisotopic (exact) mass is 399 g/mol. The molecule has 3 aromatic carbocycles. The lowest BCUT2D eigenvalue weighted by atomic mass is 9.80. The molecule has 4 N–H and O–H groups in total. The summed E-state index contributed by atoms with van der Waals surface area (Å²) < 4.78 is 27.1. The van der Waals surface area contributed by atoms with Crippen LogP contribution in [-0.4, -0.2) is 28.2 Å². The van der Waals surface area contributed by atoms with E-state index in [-0.39, 0.29) is 29.0 Å². The second kappa shape index (κ2) is 8.83. The molecule has 0 saturated carbocycles. The van der Waals surface area contributed by atoms with Crippen molar-refractivity contribution in [1.29, 1.82) is 0 Å². The molecule has 0 radical (unpaired) electrons. The van der Waals surface area contributed by atoms with Crippen molar-refractivity contribution in [2.24, 2.45) is 0 Å². The number of hydrogen-bond donors (Lipinski definition) is 4. The van der Waals surface area contributed by atoms with E-state index in [9.17, 15) is 18.7 Å². The van der Waals surface area contributed by atoms with E-state index >= 15 is 0 Å². The molecule has 0 spiro atoms. The van der Waals surface area contributed by atoms with Crippen LogP contribution in [0.25, 0.3) is 11.1 Å². The summed E-state index contributed by atoms with van der Waals surface area (Å²) in [6, 6.07) is 13.1. The molecule has 9 heteroatoms. The lowest BCUT2D eigenvalue weighted by molar-refractivity contribution is 0.0231. The van der Waals surface area contributed by atoms with Crippen LogP contribution in [0.4, 0.5) is 8.78 Å². The fraction of sp³-hybridized carbons (Fsp3) is 0.0500. The number of phenolic OH excluding ortho intramolecular Hbond substituents is 1. The highest BCUT2D eigenvalue weighted by Gasteiger charge is 2.15. The van der Waals surface area contributed by atoms with Crippen molar-refractivity contribution in [3.63, 3.8) is 0 Å². The van der Waals surface area contributed by atoms with Gasteiger partial charge in [0.05, 0.1) is 12.2 Å². The molecule has 0 aliphatic carbocycles. The molecule has 0 saturated heterocycles. The predicted octanol–water partition coefficient (Wildman–Crippen LogP) is 1.88. The summed E-state index contributed by atoms with van der Waals surface area (Å²) in [6.45, 7) is -0.0133. The van der Waals surface area contributed by atoms with Gasteiger partial charge in [-0.15, -0.1) is 0 Å². The first-order valence-electron chi connectivity index (χ1n) is 8.50. The number of carbonyl (C=O) groups is 1. The Hall–Kier alpha value is -3.27. The van der Waals surface area contributed by atoms with Crippen LogP contribution in [0.15, 0.2) is 60.7 Å². The van der Waals surface area contributed by atoms with E-state index in [0.29, 0.717) is 11.0 Å². The minimum Gasteiger partial charge on any atom is -0.507 e. The molecule has 148 valence electrons. The van der Waals surface area contributed by atoms with Gasteiger partial charge in [-0.2, -0.15) is 0 Å². The fourth-order valence-corrected chi connectivity index (χ4v) is 2.63. The van der Waals surface area contributed by atoms with E-state index in [1.165, 1.54) is 36.4 Å². The van der Waals surface area contributed by atoms with Gasteiger partial charge in [0.25, 0.3) is 5.91 Å². The molecule has 0 fully saturated rings. The van der Waals surface area contributed by atoms with Crippen molar-refractivity contribution in [2.75, 3.05) is 0 Å². The Morgan fingerprint density at radius 3 is 2.38 bits per heavy atom. The second-order valence-corrected chi connectivity index (χ2v) is 6.19. The molecule has 1 amide bonds. The van der Waals surface area contributed by atoms with Gasteiger partial charge in [0.1, 0.15) is 17.4 Å². The molecule has 3 aromatic rings. The van der Waals surface area contributed by atoms with Crippen LogP contribution in [0, 0.1) is 11.6 Å². The summed E-state index contributed by atoms with van der Waals surface area (Å²) >= 11 is 0. The van der Waals surface area contributed by atoms with Gasteiger partial charge in [-0.25, -0.2) is 14.3 Å². The summed E-state index contributed by atoms with van der Waals surface area (Å²) in [7, 11) is -1.58. The Balaban J connectivity index is 1.69. The number of phenols is 1. The van der Waals surface area contributed by atoms with E-state index < -0.39 is 24.7 Å². The number of amides is 1. The molecule has 0 aliphatic heterocycles. The summed E-state index contributed by atoms with van der Waals surface area (Å²) in [4.78, 5) is 17.4. The Morgan fingerprint density at radius 2 is 1.72 bits per heavy atom. The van der Waals surface area contributed by atoms with E-state index in [0.717, 1.165) is 12.1 Å². The van der Waals surface area contributed by atoms with Crippen molar-refractivity contribution >= 4 is 18.5 Å². The standard InChI is InChI=1S/C20H16BF2NO5/c22-15-6-7-16(18(23)10-15)13-3-8-19(25)17(9-13)20(26)24-29-11-12-1-4-14(5-2-12)21(27)28/h1-10,25,27-28H,11H2,(H,24,26). The Labute approximate surface area is 165 Å². The Bertz CT molecular complexity index is 1030. The fourth-order valence-electron chi connectivity index (χ4n) is 2.63. The zero-order chi connectivity index (χ0) is 21.0. The highest BCUT2D eigenvalue weighted by Crippen LogP contribution is 2.28. The van der Waals surface area contributed by atoms with Gasteiger partial charge in [-0.05, 0) is 40.9 Å². The van der Waals surface area contributed by atoms with Crippen LogP contribution < -0.4 is 10.9 Å². The summed E-state index contributed by atoms with van der Waals surface area (Å²) in [6.07, 6.45) is 0. The van der Waals surface area contributed by atoms with E-state index in [1.54, 1.807) is 12.1 Å². The molecule has 3 rings (SSSR count). The molecular formula is C20H16BF2NO5. The van der Waals surface area contributed by atoms with Gasteiger partial charge in [0, 0.05) is 11.6 Å². The smallest absolute Gasteiger partial charge is 0.488 e. The van der Waals surface area contributed by atoms with Gasteiger partial charge in [0.2, 0.25) is 0 Å². The molecule has 0 aliphatic rings. The van der Waals surface area contributed by atoms with Crippen molar-refractivity contribution in [1.82, 2.24) is 5.48 Å². The third-order valence-electron chi connectivity index (χ3n) is 4.16. The van der Waals surface area contributed by atoms with Crippen molar-refractivity contribution in [3.05, 3.63) is 83.4 Å². The first kappa shape index (κ1) is 20.5. The third kappa shape index (κ3) is 4.97. The average Bonchev–Trinajstić information content (AvgIpc) is 2.69. The zero-order valence-electron chi connectivity index (χ0n) is 15.0. The summed E-state index contributed by atoms with van der Waals surface area (Å²) in [5, 5.41) is 28.1. The lowest BCUT2D eigenvalue weighted by Gasteiger charge is -2.10. The lowest BCUT2D eigenvalue weighted by Crippen LogP contribution is -2.29. The van der Waals surface area contributed by atoms with Gasteiger partial charge < -0.3 is 15.2 Å². The van der Waals surface area contributed by atoms with Crippen LogP contribution in [0.5, 0.6) is 5.75 Å². The highest BCUT2D eigenvalue weighted by atomic mass is 19.1. The normalized spacial score (nSPS) is 10.6. The van der Waals surface area contributed by atoms with Crippen LogP contribution in [-0.2, 0) is 11.4 Å². The minimum absolute atomic E-state index is 0.0133. The average molecular weight is 399 g/mol. The zero-order valence-corrected chi connectivity index (χ0v) is 15.0. The van der Waals surface area contributed by atoms with Gasteiger partial charge >= 0.3 is 7.12 Å². The van der Waals surface area contributed by atoms with Crippen LogP contribution in [0.1, 0.15) is 15.9 Å². The summed E-state index contributed by atoms with van der Waals surface area (Å²) in [5.74, 6) is -2.61. The number of hydroxylamine groups is 1. The van der Waals surface area contributed by atoms with Gasteiger partial charge in [0.15, 0.2) is 0 Å². The third-order valence-corrected chi connectivity index (χ3v) is 4.16. The first-order valence-corrected chi connectivity index (χ1v) is 8.50. The molecule has 0 aromatic heterocycles. The topological polar surface area (TPSA) is 99.0 Å². The van der Waals surface area contributed by atoms with E-state index in [1.807, 2.05) is 0 Å². The largest absolute Gasteiger partial charge is 0.507 e. The molecule has 6 nitrogen and oxygen atoms in total. The number of carbonyl (C=O) groups excluding carboxylic acids is 1. The number of halogens is 2. The molecule has 0 bridgehead atoms. The maximum atomic E-state index is 14.0. The first-order chi connectivity index (χ1) is 13.8. The number of hydrogen-bond acceptors (Lipinski definition) is 5. The number of rotatable bonds is 6. The van der Waals surface area contributed by atoms with Crippen LogP contribution in [0.2, 0.25) is 0 Å². The summed E-state index contributed by atoms with van der Waals surface area (Å²) in [5.41, 5.74) is 3.35. The number of nitrogens with one attached hydrogen (secondary N) is 1. The molecule has 0 atom stereocenters. The predicted molar refractivity (Wildman–Crippen MR) is 102 cm³/mol. The highest BCUT2D eigenvalue weighted by molar-refractivity contribution is 6.58. The van der Waals surface area contributed by atoms with Gasteiger partial charge in [-0.1, -0.05) is 30.3 Å². The van der Waals surface area contributed by atoms with Crippen LogP contribution >= 0.6 is 0 Å². The maximum absolute atomic E-state index is 14.0. The molecular weight excluding hydrogens is 383 g/mol. The van der Waals surface area contributed by atoms with Crippen LogP contribution in [0.3, 0.4) is 0 Å². The van der Waals surface area contributed by atoms with E-state index in [2.05, 4.69) is 5.48 Å². The molecule has 0 unspecified atom stereocenters.